The maximum atomic E-state index is 13.6. The topological polar surface area (TPSA) is 46.3 Å². The van der Waals surface area contributed by atoms with E-state index in [0.717, 1.165) is 18.6 Å². The summed E-state index contributed by atoms with van der Waals surface area (Å²) in [5, 5.41) is 0. The van der Waals surface area contributed by atoms with Crippen LogP contribution in [0.2, 0.25) is 0 Å². The van der Waals surface area contributed by atoms with E-state index in [-0.39, 0.29) is 12.0 Å². The molecule has 2 N–H and O–H groups in total. The molecule has 1 fully saturated rings. The Labute approximate surface area is 115 Å². The number of halogens is 3. The zero-order chi connectivity index (χ0) is 14.9. The molecule has 6 heteroatoms. The van der Waals surface area contributed by atoms with Crippen molar-refractivity contribution in [3.8, 4) is 0 Å². The molecule has 3 nitrogen and oxygen atoms in total. The molecule has 0 saturated carbocycles. The summed E-state index contributed by atoms with van der Waals surface area (Å²) in [6.07, 6.45) is 1.43. The zero-order valence-electron chi connectivity index (χ0n) is 11.2. The molecule has 1 aliphatic rings. The number of nitrogens with two attached hydrogens (primary N) is 1. The van der Waals surface area contributed by atoms with Gasteiger partial charge in [-0.05, 0) is 24.5 Å². The minimum Gasteiger partial charge on any atom is -0.338 e. The number of piperidine rings is 1. The van der Waals surface area contributed by atoms with Gasteiger partial charge in [-0.3, -0.25) is 4.79 Å². The molecule has 0 bridgehead atoms. The van der Waals surface area contributed by atoms with Gasteiger partial charge >= 0.3 is 0 Å². The van der Waals surface area contributed by atoms with Crippen LogP contribution in [0, 0.1) is 23.4 Å². The Morgan fingerprint density at radius 1 is 1.35 bits per heavy atom. The number of amides is 1. The van der Waals surface area contributed by atoms with Crippen LogP contribution in [0.4, 0.5) is 13.2 Å². The summed E-state index contributed by atoms with van der Waals surface area (Å²) < 4.78 is 39.7. The number of rotatable bonds is 2. The van der Waals surface area contributed by atoms with E-state index in [1.54, 1.807) is 0 Å². The number of carbonyl (C=O) groups is 1. The third kappa shape index (κ3) is 2.65. The molecule has 1 heterocycles. The minimum atomic E-state index is -1.61. The molecule has 2 atom stereocenters. The largest absolute Gasteiger partial charge is 0.338 e. The fourth-order valence-corrected chi connectivity index (χ4v) is 2.53. The lowest BCUT2D eigenvalue weighted by molar-refractivity contribution is 0.0643. The first kappa shape index (κ1) is 14.8. The lowest BCUT2D eigenvalue weighted by Crippen LogP contribution is -2.49. The van der Waals surface area contributed by atoms with Crippen LogP contribution in [0.3, 0.4) is 0 Å². The summed E-state index contributed by atoms with van der Waals surface area (Å²) in [6.45, 7) is 2.78. The highest BCUT2D eigenvalue weighted by atomic mass is 19.2. The van der Waals surface area contributed by atoms with E-state index in [2.05, 4.69) is 0 Å². The van der Waals surface area contributed by atoms with Gasteiger partial charge in [0.2, 0.25) is 0 Å². The zero-order valence-corrected chi connectivity index (χ0v) is 11.2. The second kappa shape index (κ2) is 5.83. The second-order valence-electron chi connectivity index (χ2n) is 5.09. The Balaban J connectivity index is 2.22. The molecule has 2 unspecified atom stereocenters. The van der Waals surface area contributed by atoms with Crippen molar-refractivity contribution in [1.29, 1.82) is 0 Å². The number of carbonyl (C=O) groups excluding carboxylic acids is 1. The van der Waals surface area contributed by atoms with Crippen molar-refractivity contribution in [2.75, 3.05) is 13.1 Å². The number of nitrogens with zero attached hydrogens (tertiary/aromatic N) is 1. The molecule has 0 spiro atoms. The highest BCUT2D eigenvalue weighted by molar-refractivity contribution is 5.94. The standard InChI is InChI=1S/C14H17F3N2O/c1-2-8-7-19(6-5-11(8)18)14(20)9-3-4-10(15)13(17)12(9)16/h3-4,8,11H,2,5-7,18H2,1H3. The van der Waals surface area contributed by atoms with Crippen LogP contribution in [-0.2, 0) is 0 Å². The van der Waals surface area contributed by atoms with Crippen LogP contribution in [0.5, 0.6) is 0 Å². The molecule has 1 saturated heterocycles. The fraction of sp³-hybridized carbons (Fsp3) is 0.500. The average molecular weight is 286 g/mol. The number of hydrogen-bond donors (Lipinski definition) is 1. The van der Waals surface area contributed by atoms with Gasteiger partial charge < -0.3 is 10.6 Å². The lowest BCUT2D eigenvalue weighted by atomic mass is 9.90. The molecule has 1 aromatic carbocycles. The van der Waals surface area contributed by atoms with E-state index in [1.165, 1.54) is 4.90 Å². The Morgan fingerprint density at radius 2 is 2.05 bits per heavy atom. The van der Waals surface area contributed by atoms with Crippen LogP contribution in [0.1, 0.15) is 30.1 Å². The SMILES string of the molecule is CCC1CN(C(=O)c2ccc(F)c(F)c2F)CCC1N. The maximum absolute atomic E-state index is 13.6. The van der Waals surface area contributed by atoms with E-state index < -0.39 is 28.9 Å². The summed E-state index contributed by atoms with van der Waals surface area (Å²) in [5.74, 6) is -4.83. The Morgan fingerprint density at radius 3 is 2.70 bits per heavy atom. The normalized spacial score (nSPS) is 22.9. The van der Waals surface area contributed by atoms with Gasteiger partial charge in [-0.1, -0.05) is 13.3 Å². The molecule has 0 aromatic heterocycles. The van der Waals surface area contributed by atoms with Crippen molar-refractivity contribution in [3.63, 3.8) is 0 Å². The van der Waals surface area contributed by atoms with Crippen LogP contribution in [0.15, 0.2) is 12.1 Å². The van der Waals surface area contributed by atoms with Gasteiger partial charge in [-0.25, -0.2) is 13.2 Å². The quantitative estimate of drug-likeness (QED) is 0.848. The van der Waals surface area contributed by atoms with E-state index in [4.69, 9.17) is 5.73 Å². The summed E-state index contributed by atoms with van der Waals surface area (Å²) in [4.78, 5) is 13.7. The molecule has 20 heavy (non-hydrogen) atoms. The molecule has 110 valence electrons. The Hall–Kier alpha value is -1.56. The van der Waals surface area contributed by atoms with Crippen LogP contribution in [-0.4, -0.2) is 29.9 Å². The van der Waals surface area contributed by atoms with Gasteiger partial charge in [-0.15, -0.1) is 0 Å². The van der Waals surface area contributed by atoms with Gasteiger partial charge in [0.1, 0.15) is 0 Å². The summed E-state index contributed by atoms with van der Waals surface area (Å²) in [5.41, 5.74) is 5.51. The Bertz CT molecular complexity index is 521. The Kier molecular flexibility index (Phi) is 4.32. The molecule has 1 amide bonds. The molecule has 0 radical (unpaired) electrons. The van der Waals surface area contributed by atoms with Crippen molar-refractivity contribution in [2.45, 2.75) is 25.8 Å². The van der Waals surface area contributed by atoms with Gasteiger partial charge in [0.15, 0.2) is 17.5 Å². The average Bonchev–Trinajstić information content (AvgIpc) is 2.45. The van der Waals surface area contributed by atoms with Gasteiger partial charge in [0.05, 0.1) is 5.56 Å². The summed E-state index contributed by atoms with van der Waals surface area (Å²) >= 11 is 0. The second-order valence-corrected chi connectivity index (χ2v) is 5.09. The maximum Gasteiger partial charge on any atom is 0.256 e. The van der Waals surface area contributed by atoms with Crippen molar-refractivity contribution in [3.05, 3.63) is 35.1 Å². The van der Waals surface area contributed by atoms with E-state index in [9.17, 15) is 18.0 Å². The molecule has 1 aliphatic heterocycles. The lowest BCUT2D eigenvalue weighted by Gasteiger charge is -2.36. The van der Waals surface area contributed by atoms with Gasteiger partial charge in [0, 0.05) is 19.1 Å². The van der Waals surface area contributed by atoms with Crippen molar-refractivity contribution < 1.29 is 18.0 Å². The first-order valence-electron chi connectivity index (χ1n) is 6.64. The number of benzene rings is 1. The molecular weight excluding hydrogens is 269 g/mol. The third-order valence-corrected chi connectivity index (χ3v) is 3.87. The first-order chi connectivity index (χ1) is 9.45. The molecular formula is C14H17F3N2O. The van der Waals surface area contributed by atoms with E-state index >= 15 is 0 Å². The van der Waals surface area contributed by atoms with E-state index in [0.29, 0.717) is 19.5 Å². The molecule has 2 rings (SSSR count). The molecule has 0 aliphatic carbocycles. The predicted molar refractivity (Wildman–Crippen MR) is 68.6 cm³/mol. The minimum absolute atomic E-state index is 0.0128. The number of hydrogen-bond acceptors (Lipinski definition) is 2. The van der Waals surface area contributed by atoms with E-state index in [1.807, 2.05) is 6.92 Å². The summed E-state index contributed by atoms with van der Waals surface area (Å²) in [6, 6.07) is 1.75. The number of likely N-dealkylation sites (tertiary alicyclic amines) is 1. The fourth-order valence-electron chi connectivity index (χ4n) is 2.53. The highest BCUT2D eigenvalue weighted by Crippen LogP contribution is 2.22. The van der Waals surface area contributed by atoms with Crippen molar-refractivity contribution in [2.24, 2.45) is 11.7 Å². The van der Waals surface area contributed by atoms with Gasteiger partial charge in [-0.2, -0.15) is 0 Å². The highest BCUT2D eigenvalue weighted by Gasteiger charge is 2.30. The summed E-state index contributed by atoms with van der Waals surface area (Å²) in [7, 11) is 0. The van der Waals surface area contributed by atoms with Crippen molar-refractivity contribution >= 4 is 5.91 Å². The van der Waals surface area contributed by atoms with Crippen LogP contribution in [0.25, 0.3) is 0 Å². The van der Waals surface area contributed by atoms with Crippen molar-refractivity contribution in [1.82, 2.24) is 4.90 Å². The smallest absolute Gasteiger partial charge is 0.256 e. The monoisotopic (exact) mass is 286 g/mol. The van der Waals surface area contributed by atoms with Crippen LogP contribution < -0.4 is 5.73 Å². The molecule has 1 aromatic rings. The first-order valence-corrected chi connectivity index (χ1v) is 6.64. The predicted octanol–water partition coefficient (Wildman–Crippen LogP) is 2.30. The van der Waals surface area contributed by atoms with Gasteiger partial charge in [0.25, 0.3) is 5.91 Å². The third-order valence-electron chi connectivity index (χ3n) is 3.87. The van der Waals surface area contributed by atoms with Crippen LogP contribution >= 0.6 is 0 Å².